The molecule has 0 unspecified atom stereocenters. The van der Waals surface area contributed by atoms with Gasteiger partial charge in [0, 0.05) is 18.2 Å². The number of aryl methyl sites for hydroxylation is 1. The average molecular weight is 297 g/mol. The number of aliphatic carboxylic acids is 1. The van der Waals surface area contributed by atoms with Gasteiger partial charge in [-0.15, -0.1) is 0 Å². The highest BCUT2D eigenvalue weighted by molar-refractivity contribution is 5.85. The van der Waals surface area contributed by atoms with E-state index in [0.29, 0.717) is 12.1 Å². The van der Waals surface area contributed by atoms with E-state index in [1.54, 1.807) is 10.6 Å². The van der Waals surface area contributed by atoms with Crippen LogP contribution >= 0.6 is 0 Å². The predicted octanol–water partition coefficient (Wildman–Crippen LogP) is 3.20. The molecule has 22 heavy (non-hydrogen) atoms. The van der Waals surface area contributed by atoms with E-state index in [1.165, 1.54) is 11.6 Å². The van der Waals surface area contributed by atoms with Crippen LogP contribution in [0.2, 0.25) is 0 Å². The Morgan fingerprint density at radius 3 is 2.36 bits per heavy atom. The molecule has 1 N–H and O–H groups in total. The zero-order valence-electron chi connectivity index (χ0n) is 12.7. The van der Waals surface area contributed by atoms with E-state index in [4.69, 9.17) is 5.11 Å². The van der Waals surface area contributed by atoms with Gasteiger partial charge in [-0.05, 0) is 42.7 Å². The quantitative estimate of drug-likeness (QED) is 0.862. The first-order valence-electron chi connectivity index (χ1n) is 7.31. The third kappa shape index (κ3) is 3.34. The Kier molecular flexibility index (Phi) is 4.94. The fraction of sp³-hybridized carbons (Fsp3) is 0.222. The van der Waals surface area contributed by atoms with E-state index in [0.717, 1.165) is 23.8 Å². The number of hydrogen-bond donors (Lipinski definition) is 1. The summed E-state index contributed by atoms with van der Waals surface area (Å²) in [5.74, 6) is -1.07. The van der Waals surface area contributed by atoms with Gasteiger partial charge >= 0.3 is 5.97 Å². The molecule has 0 bridgehead atoms. The van der Waals surface area contributed by atoms with Gasteiger partial charge in [-0.3, -0.25) is 4.79 Å². The number of nitrogens with zero attached hydrogens (tertiary/aromatic N) is 1. The molecular formula is C18H19NO3. The van der Waals surface area contributed by atoms with Gasteiger partial charge in [0.1, 0.15) is 0 Å². The summed E-state index contributed by atoms with van der Waals surface area (Å²) in [6, 6.07) is 11.6. The molecule has 0 radical (unpaired) electrons. The van der Waals surface area contributed by atoms with Gasteiger partial charge in [-0.25, -0.2) is 4.79 Å². The first kappa shape index (κ1) is 15.8. The molecule has 114 valence electrons. The molecule has 2 rings (SSSR count). The highest BCUT2D eigenvalue weighted by atomic mass is 16.4. The topological polar surface area (TPSA) is 59.3 Å². The molecule has 0 saturated carbocycles. The Morgan fingerprint density at radius 2 is 1.82 bits per heavy atom. The fourth-order valence-electron chi connectivity index (χ4n) is 2.36. The zero-order chi connectivity index (χ0) is 16.1. The third-order valence-corrected chi connectivity index (χ3v) is 3.58. The summed E-state index contributed by atoms with van der Waals surface area (Å²) in [5.41, 5.74) is 3.25. The van der Waals surface area contributed by atoms with E-state index in [2.05, 4.69) is 19.1 Å². The minimum absolute atomic E-state index is 0.183. The lowest BCUT2D eigenvalue weighted by Crippen LogP contribution is -2.22. The van der Waals surface area contributed by atoms with E-state index in [1.807, 2.05) is 25.1 Å². The summed E-state index contributed by atoms with van der Waals surface area (Å²) in [4.78, 5) is 23.0. The Bertz CT molecular complexity index is 755. The first-order chi connectivity index (χ1) is 10.6. The molecule has 0 atom stereocenters. The number of pyridine rings is 1. The number of benzene rings is 1. The number of carboxylic acid groups (broad SMARTS) is 1. The molecule has 0 spiro atoms. The first-order valence-corrected chi connectivity index (χ1v) is 7.31. The molecule has 0 amide bonds. The van der Waals surface area contributed by atoms with Gasteiger partial charge < -0.3 is 9.67 Å². The van der Waals surface area contributed by atoms with Crippen molar-refractivity contribution in [2.45, 2.75) is 26.8 Å². The van der Waals surface area contributed by atoms with Crippen molar-refractivity contribution in [2.24, 2.45) is 0 Å². The molecule has 1 aromatic carbocycles. The molecule has 0 saturated heterocycles. The summed E-state index contributed by atoms with van der Waals surface area (Å²) < 4.78 is 1.66. The van der Waals surface area contributed by atoms with Gasteiger partial charge in [-0.2, -0.15) is 0 Å². The number of carboxylic acids is 1. The molecule has 0 fully saturated rings. The second-order valence-corrected chi connectivity index (χ2v) is 4.95. The van der Waals surface area contributed by atoms with Crippen LogP contribution in [0.5, 0.6) is 0 Å². The lowest BCUT2D eigenvalue weighted by atomic mass is 10.1. The van der Waals surface area contributed by atoms with Crippen LogP contribution in [0.25, 0.3) is 17.3 Å². The van der Waals surface area contributed by atoms with Gasteiger partial charge in [-0.1, -0.05) is 31.2 Å². The minimum Gasteiger partial charge on any atom is -0.478 e. The summed E-state index contributed by atoms with van der Waals surface area (Å²) in [6.45, 7) is 4.52. The lowest BCUT2D eigenvalue weighted by molar-refractivity contribution is -0.131. The SMILES string of the molecule is CCc1ccc(-c2ccc(/C=C/C(=O)O)c(=O)n2CC)cc1. The number of rotatable bonds is 5. The van der Waals surface area contributed by atoms with Crippen LogP contribution in [0.3, 0.4) is 0 Å². The Hall–Kier alpha value is -2.62. The number of carbonyl (C=O) groups is 1. The Labute approximate surface area is 129 Å². The summed E-state index contributed by atoms with van der Waals surface area (Å²) >= 11 is 0. The molecule has 1 aromatic heterocycles. The maximum Gasteiger partial charge on any atom is 0.328 e. The van der Waals surface area contributed by atoms with E-state index < -0.39 is 5.97 Å². The maximum absolute atomic E-state index is 12.4. The van der Waals surface area contributed by atoms with Crippen molar-refractivity contribution in [3.8, 4) is 11.3 Å². The Morgan fingerprint density at radius 1 is 1.14 bits per heavy atom. The van der Waals surface area contributed by atoms with Crippen LogP contribution in [0.1, 0.15) is 25.0 Å². The molecule has 0 aliphatic heterocycles. The average Bonchev–Trinajstić information content (AvgIpc) is 2.53. The van der Waals surface area contributed by atoms with Crippen LogP contribution in [0.15, 0.2) is 47.3 Å². The highest BCUT2D eigenvalue weighted by Gasteiger charge is 2.08. The lowest BCUT2D eigenvalue weighted by Gasteiger charge is -2.12. The Balaban J connectivity index is 2.51. The summed E-state index contributed by atoms with van der Waals surface area (Å²) in [6.07, 6.45) is 3.28. The van der Waals surface area contributed by atoms with Crippen molar-refractivity contribution < 1.29 is 9.90 Å². The summed E-state index contributed by atoms with van der Waals surface area (Å²) in [7, 11) is 0. The van der Waals surface area contributed by atoms with E-state index >= 15 is 0 Å². The molecule has 2 aromatic rings. The van der Waals surface area contributed by atoms with Crippen LogP contribution in [0.4, 0.5) is 0 Å². The standard InChI is InChI=1S/C18H19NO3/c1-3-13-5-7-14(8-6-13)16-11-9-15(10-12-17(20)21)18(22)19(16)4-2/h5-12H,3-4H2,1-2H3,(H,20,21)/b12-10+. The van der Waals surface area contributed by atoms with Gasteiger partial charge in [0.25, 0.3) is 5.56 Å². The van der Waals surface area contributed by atoms with Crippen LogP contribution in [-0.2, 0) is 17.8 Å². The predicted molar refractivity (Wildman–Crippen MR) is 87.9 cm³/mol. The van der Waals surface area contributed by atoms with Gasteiger partial charge in [0.15, 0.2) is 0 Å². The minimum atomic E-state index is -1.07. The van der Waals surface area contributed by atoms with Crippen LogP contribution in [-0.4, -0.2) is 15.6 Å². The van der Waals surface area contributed by atoms with Crippen molar-refractivity contribution in [3.05, 3.63) is 64.0 Å². The summed E-state index contributed by atoms with van der Waals surface area (Å²) in [5, 5.41) is 8.68. The van der Waals surface area contributed by atoms with Crippen molar-refractivity contribution >= 4 is 12.0 Å². The van der Waals surface area contributed by atoms with Crippen molar-refractivity contribution in [2.75, 3.05) is 0 Å². The van der Waals surface area contributed by atoms with E-state index in [-0.39, 0.29) is 5.56 Å². The number of aromatic nitrogens is 1. The van der Waals surface area contributed by atoms with E-state index in [9.17, 15) is 9.59 Å². The third-order valence-electron chi connectivity index (χ3n) is 3.58. The zero-order valence-corrected chi connectivity index (χ0v) is 12.7. The van der Waals surface area contributed by atoms with Gasteiger partial charge in [0.2, 0.25) is 0 Å². The monoisotopic (exact) mass is 297 g/mol. The van der Waals surface area contributed by atoms with Crippen molar-refractivity contribution in [1.82, 2.24) is 4.57 Å². The molecule has 0 aliphatic carbocycles. The second-order valence-electron chi connectivity index (χ2n) is 4.95. The van der Waals surface area contributed by atoms with Crippen molar-refractivity contribution in [3.63, 3.8) is 0 Å². The largest absolute Gasteiger partial charge is 0.478 e. The molecular weight excluding hydrogens is 278 g/mol. The fourth-order valence-corrected chi connectivity index (χ4v) is 2.36. The normalized spacial score (nSPS) is 11.0. The molecule has 1 heterocycles. The van der Waals surface area contributed by atoms with Crippen molar-refractivity contribution in [1.29, 1.82) is 0 Å². The molecule has 0 aliphatic rings. The molecule has 4 nitrogen and oxygen atoms in total. The smallest absolute Gasteiger partial charge is 0.328 e. The molecule has 4 heteroatoms. The number of hydrogen-bond acceptors (Lipinski definition) is 2. The van der Waals surface area contributed by atoms with Crippen LogP contribution < -0.4 is 5.56 Å². The maximum atomic E-state index is 12.4. The van der Waals surface area contributed by atoms with Crippen LogP contribution in [0, 0.1) is 0 Å². The second kappa shape index (κ2) is 6.89. The van der Waals surface area contributed by atoms with Gasteiger partial charge in [0.05, 0.1) is 5.69 Å². The highest BCUT2D eigenvalue weighted by Crippen LogP contribution is 2.19.